The molecule has 1 unspecified atom stereocenters. The van der Waals surface area contributed by atoms with Crippen LogP contribution in [0.15, 0.2) is 64.1 Å². The highest BCUT2D eigenvalue weighted by Crippen LogP contribution is 2.44. The van der Waals surface area contributed by atoms with E-state index in [0.29, 0.717) is 5.56 Å². The average Bonchev–Trinajstić information content (AvgIpc) is 3.55. The van der Waals surface area contributed by atoms with Gasteiger partial charge in [-0.3, -0.25) is 28.2 Å². The second kappa shape index (κ2) is 12.8. The Morgan fingerprint density at radius 2 is 2.00 bits per heavy atom. The summed E-state index contributed by atoms with van der Waals surface area (Å²) in [5.41, 5.74) is 7.67. The molecular formula is C26H28BrN6O8P. The average molecular weight is 663 g/mol. The van der Waals surface area contributed by atoms with Crippen molar-refractivity contribution in [3.8, 4) is 11.1 Å². The molecule has 4 aromatic rings. The molecule has 5 rings (SSSR count). The first-order valence-electron chi connectivity index (χ1n) is 12.9. The number of anilines is 1. The van der Waals surface area contributed by atoms with Gasteiger partial charge >= 0.3 is 7.82 Å². The van der Waals surface area contributed by atoms with Crippen molar-refractivity contribution in [2.45, 2.75) is 31.3 Å². The van der Waals surface area contributed by atoms with Gasteiger partial charge in [0, 0.05) is 23.0 Å². The van der Waals surface area contributed by atoms with Gasteiger partial charge in [0.15, 0.2) is 11.2 Å². The van der Waals surface area contributed by atoms with Gasteiger partial charge in [-0.2, -0.15) is 4.98 Å². The first-order chi connectivity index (χ1) is 20.1. The van der Waals surface area contributed by atoms with E-state index in [-0.39, 0.29) is 49.0 Å². The predicted octanol–water partition coefficient (Wildman–Crippen LogP) is 2.73. The summed E-state index contributed by atoms with van der Waals surface area (Å²) >= 11 is 3.45. The number of rotatable bonds is 11. The van der Waals surface area contributed by atoms with E-state index in [2.05, 4.69) is 36.2 Å². The van der Waals surface area contributed by atoms with Gasteiger partial charge < -0.3 is 25.8 Å². The molecule has 2 aromatic carbocycles. The number of nitrogens with zero attached hydrogens (tertiary/aromatic N) is 3. The zero-order chi connectivity index (χ0) is 29.9. The number of nitrogen functional groups attached to an aromatic ring is 1. The molecule has 0 spiro atoms. The van der Waals surface area contributed by atoms with Crippen LogP contribution < -0.4 is 16.6 Å². The first kappa shape index (κ1) is 30.0. The molecule has 6 N–H and O–H groups in total. The van der Waals surface area contributed by atoms with Crippen molar-refractivity contribution < 1.29 is 33.1 Å². The highest BCUT2D eigenvalue weighted by molar-refractivity contribution is 9.10. The molecule has 0 radical (unpaired) electrons. The summed E-state index contributed by atoms with van der Waals surface area (Å²) in [5.74, 6) is -0.387. The number of H-pyrrole nitrogens is 1. The Balaban J connectivity index is 1.06. The van der Waals surface area contributed by atoms with E-state index < -0.39 is 38.4 Å². The van der Waals surface area contributed by atoms with Crippen LogP contribution in [0.5, 0.6) is 0 Å². The number of benzene rings is 2. The molecule has 222 valence electrons. The lowest BCUT2D eigenvalue weighted by Crippen LogP contribution is -2.26. The lowest BCUT2D eigenvalue weighted by molar-refractivity contribution is -0.0439. The van der Waals surface area contributed by atoms with Crippen LogP contribution >= 0.6 is 23.8 Å². The van der Waals surface area contributed by atoms with E-state index in [4.69, 9.17) is 19.5 Å². The molecule has 0 aliphatic carbocycles. The maximum atomic E-state index is 12.6. The number of aliphatic hydroxyl groups is 1. The number of aromatic amines is 1. The van der Waals surface area contributed by atoms with Gasteiger partial charge in [0.2, 0.25) is 5.95 Å². The van der Waals surface area contributed by atoms with E-state index in [9.17, 15) is 24.2 Å². The number of nitrogens with one attached hydrogen (secondary N) is 2. The third-order valence-electron chi connectivity index (χ3n) is 6.51. The van der Waals surface area contributed by atoms with Gasteiger partial charge in [-0.25, -0.2) is 9.55 Å². The van der Waals surface area contributed by atoms with Crippen molar-refractivity contribution in [3.05, 3.63) is 75.2 Å². The molecule has 16 heteroatoms. The van der Waals surface area contributed by atoms with Gasteiger partial charge in [-0.1, -0.05) is 40.2 Å². The largest absolute Gasteiger partial charge is 0.472 e. The van der Waals surface area contributed by atoms with E-state index in [0.717, 1.165) is 15.6 Å². The maximum absolute atomic E-state index is 12.6. The third-order valence-corrected chi connectivity index (χ3v) is 7.99. The smallest absolute Gasteiger partial charge is 0.390 e. The van der Waals surface area contributed by atoms with Crippen molar-refractivity contribution in [1.29, 1.82) is 0 Å². The van der Waals surface area contributed by atoms with Crippen LogP contribution in [-0.4, -0.2) is 67.4 Å². The predicted molar refractivity (Wildman–Crippen MR) is 155 cm³/mol. The number of ether oxygens (including phenoxy) is 1. The van der Waals surface area contributed by atoms with Gasteiger partial charge in [0.05, 0.1) is 25.6 Å². The van der Waals surface area contributed by atoms with Crippen LogP contribution in [-0.2, 0) is 18.3 Å². The summed E-state index contributed by atoms with van der Waals surface area (Å²) in [4.78, 5) is 45.1. The molecule has 3 heterocycles. The number of carbonyl (C=O) groups excluding carboxylic acids is 1. The van der Waals surface area contributed by atoms with Gasteiger partial charge in [-0.15, -0.1) is 0 Å². The number of aromatic nitrogens is 4. The van der Waals surface area contributed by atoms with E-state index >= 15 is 0 Å². The standard InChI is InChI=1S/C26H28BrN6O8P/c27-18-7-2-5-16(11-18)15-4-1-6-17(10-15)24(35)29-8-3-9-39-42(37,38)40-13-20-19(34)12-21(41-20)33-14-30-22-23(33)31-26(28)32-25(22)36/h1-2,4-7,10-11,14,19-21,34H,3,8-9,12-13H2,(H,29,35)(H,37,38)(H3,28,31,32,36)/t19-,20+,21+/m0/s1. The Morgan fingerprint density at radius 3 is 2.79 bits per heavy atom. The molecule has 1 aliphatic heterocycles. The Morgan fingerprint density at radius 1 is 1.24 bits per heavy atom. The number of imidazole rings is 1. The highest BCUT2D eigenvalue weighted by Gasteiger charge is 2.38. The molecule has 1 amide bonds. The molecule has 14 nitrogen and oxygen atoms in total. The summed E-state index contributed by atoms with van der Waals surface area (Å²) < 4.78 is 30.5. The first-order valence-corrected chi connectivity index (χ1v) is 15.2. The summed E-state index contributed by atoms with van der Waals surface area (Å²) in [6, 6.07) is 14.9. The van der Waals surface area contributed by atoms with Crippen LogP contribution in [0.4, 0.5) is 5.95 Å². The zero-order valence-corrected chi connectivity index (χ0v) is 24.5. The van der Waals surface area contributed by atoms with Gasteiger partial charge in [0.1, 0.15) is 12.3 Å². The molecule has 1 aliphatic rings. The Kier molecular flexibility index (Phi) is 9.18. The van der Waals surface area contributed by atoms with Crippen LogP contribution in [0.1, 0.15) is 29.4 Å². The maximum Gasteiger partial charge on any atom is 0.472 e. The van der Waals surface area contributed by atoms with E-state index in [1.165, 1.54) is 10.9 Å². The SMILES string of the molecule is Nc1nc2c(ncn2[C@H]2C[C@H](O)[C@@H](COP(=O)(O)OCCCNC(=O)c3cccc(-c4cccc(Br)c4)c3)O2)c(=O)[nH]1. The zero-order valence-electron chi connectivity index (χ0n) is 22.1. The van der Waals surface area contributed by atoms with Crippen LogP contribution in [0, 0.1) is 0 Å². The normalized spacial score (nSPS) is 20.0. The molecule has 0 bridgehead atoms. The monoisotopic (exact) mass is 662 g/mol. The highest BCUT2D eigenvalue weighted by atomic mass is 79.9. The number of amides is 1. The number of nitrogens with two attached hydrogens (primary N) is 1. The summed E-state index contributed by atoms with van der Waals surface area (Å²) in [6.07, 6.45) is -1.07. The number of hydrogen-bond donors (Lipinski definition) is 5. The Bertz CT molecular complexity index is 1700. The molecular weight excluding hydrogens is 635 g/mol. The van der Waals surface area contributed by atoms with Gasteiger partial charge in [0.25, 0.3) is 11.5 Å². The molecule has 1 saturated heterocycles. The number of aliphatic hydroxyl groups excluding tert-OH is 1. The second-order valence-electron chi connectivity index (χ2n) is 9.51. The fourth-order valence-electron chi connectivity index (χ4n) is 4.46. The minimum absolute atomic E-state index is 0.0561. The van der Waals surface area contributed by atoms with Crippen molar-refractivity contribution >= 4 is 46.8 Å². The minimum atomic E-state index is -4.47. The topological polar surface area (TPSA) is 204 Å². The number of halogens is 1. The van der Waals surface area contributed by atoms with Crippen molar-refractivity contribution in [3.63, 3.8) is 0 Å². The molecule has 42 heavy (non-hydrogen) atoms. The quantitative estimate of drug-likeness (QED) is 0.117. The molecule has 1 fully saturated rings. The summed E-state index contributed by atoms with van der Waals surface area (Å²) in [6.45, 7) is -0.392. The minimum Gasteiger partial charge on any atom is -0.390 e. The summed E-state index contributed by atoms with van der Waals surface area (Å²) in [7, 11) is -4.47. The van der Waals surface area contributed by atoms with Crippen molar-refractivity contribution in [1.82, 2.24) is 24.8 Å². The van der Waals surface area contributed by atoms with Crippen molar-refractivity contribution in [2.75, 3.05) is 25.5 Å². The number of carbonyl (C=O) groups is 1. The van der Waals surface area contributed by atoms with E-state index in [1.54, 1.807) is 18.2 Å². The fraction of sp³-hybridized carbons (Fsp3) is 0.308. The number of phosphoric acid groups is 1. The van der Waals surface area contributed by atoms with Crippen LogP contribution in [0.3, 0.4) is 0 Å². The molecule has 2 aromatic heterocycles. The number of phosphoric ester groups is 1. The number of hydrogen-bond acceptors (Lipinski definition) is 10. The lowest BCUT2D eigenvalue weighted by Gasteiger charge is -2.18. The number of fused-ring (bicyclic) bond motifs is 1. The van der Waals surface area contributed by atoms with E-state index in [1.807, 2.05) is 30.3 Å². The second-order valence-corrected chi connectivity index (χ2v) is 11.9. The molecule has 4 atom stereocenters. The third kappa shape index (κ3) is 7.13. The Hall–Kier alpha value is -3.43. The van der Waals surface area contributed by atoms with Crippen molar-refractivity contribution in [2.24, 2.45) is 0 Å². The van der Waals surface area contributed by atoms with Gasteiger partial charge in [-0.05, 0) is 41.8 Å². The molecule has 0 saturated carbocycles. The fourth-order valence-corrected chi connectivity index (χ4v) is 5.63. The van der Waals surface area contributed by atoms with Crippen LogP contribution in [0.25, 0.3) is 22.3 Å². The Labute approximate surface area is 247 Å². The van der Waals surface area contributed by atoms with Crippen LogP contribution in [0.2, 0.25) is 0 Å². The summed E-state index contributed by atoms with van der Waals surface area (Å²) in [5, 5.41) is 13.2. The lowest BCUT2D eigenvalue weighted by atomic mass is 10.0.